The summed E-state index contributed by atoms with van der Waals surface area (Å²) in [6.45, 7) is 9.52. The molecule has 176 valence electrons. The summed E-state index contributed by atoms with van der Waals surface area (Å²) in [6, 6.07) is -0.107. The molecule has 1 N–H and O–H groups in total. The summed E-state index contributed by atoms with van der Waals surface area (Å²) >= 11 is 0. The molecule has 2 aliphatic heterocycles. The van der Waals surface area contributed by atoms with Gasteiger partial charge in [-0.3, -0.25) is 10.3 Å². The number of hydrazine groups is 1. The molecule has 4 unspecified atom stereocenters. The Hall–Kier alpha value is -1.54. The number of nitrogens with zero attached hydrogens (tertiary/aromatic N) is 3. The maximum absolute atomic E-state index is 12.9. The van der Waals surface area contributed by atoms with E-state index in [0.29, 0.717) is 18.4 Å². The Morgan fingerprint density at radius 3 is 2.45 bits per heavy atom. The first-order valence-corrected chi connectivity index (χ1v) is 12.2. The van der Waals surface area contributed by atoms with Crippen LogP contribution in [-0.2, 0) is 9.47 Å². The van der Waals surface area contributed by atoms with E-state index in [2.05, 4.69) is 10.4 Å². The van der Waals surface area contributed by atoms with Crippen molar-refractivity contribution in [1.82, 2.24) is 20.2 Å². The van der Waals surface area contributed by atoms with Crippen molar-refractivity contribution < 1.29 is 19.1 Å². The molecule has 2 aliphatic carbocycles. The van der Waals surface area contributed by atoms with Gasteiger partial charge in [0.1, 0.15) is 0 Å². The van der Waals surface area contributed by atoms with Crippen molar-refractivity contribution in [3.8, 4) is 0 Å². The molecule has 2 amide bonds. The third-order valence-electron chi connectivity index (χ3n) is 7.87. The van der Waals surface area contributed by atoms with Crippen molar-refractivity contribution in [2.75, 3.05) is 33.3 Å². The van der Waals surface area contributed by atoms with Crippen LogP contribution in [0.15, 0.2) is 0 Å². The van der Waals surface area contributed by atoms with Gasteiger partial charge in [0.2, 0.25) is 0 Å². The fourth-order valence-corrected chi connectivity index (χ4v) is 6.09. The minimum atomic E-state index is -0.285. The van der Waals surface area contributed by atoms with Crippen LogP contribution in [0.4, 0.5) is 9.59 Å². The Bertz CT molecular complexity index is 655. The summed E-state index contributed by atoms with van der Waals surface area (Å²) in [4.78, 5) is 29.3. The summed E-state index contributed by atoms with van der Waals surface area (Å²) in [5.74, 6) is 1.99. The average molecular weight is 437 g/mol. The molecule has 4 fully saturated rings. The van der Waals surface area contributed by atoms with Gasteiger partial charge in [-0.1, -0.05) is 6.42 Å². The van der Waals surface area contributed by atoms with Crippen LogP contribution in [0.1, 0.15) is 59.3 Å². The number of ether oxygens (including phenoxy) is 2. The normalized spacial score (nSPS) is 34.4. The number of hydrogen-bond donors (Lipinski definition) is 1. The number of nitrogens with one attached hydrogen (secondary N) is 1. The number of carbonyl (C=O) groups excluding carboxylic acids is 2. The van der Waals surface area contributed by atoms with Crippen molar-refractivity contribution in [2.24, 2.45) is 17.8 Å². The summed E-state index contributed by atoms with van der Waals surface area (Å²) in [6.07, 6.45) is 6.32. The number of methoxy groups -OCH3 is 1. The van der Waals surface area contributed by atoms with E-state index in [9.17, 15) is 9.59 Å². The van der Waals surface area contributed by atoms with Crippen molar-refractivity contribution in [3.63, 3.8) is 0 Å². The molecule has 2 saturated carbocycles. The lowest BCUT2D eigenvalue weighted by atomic mass is 9.73. The van der Waals surface area contributed by atoms with Gasteiger partial charge >= 0.3 is 12.2 Å². The van der Waals surface area contributed by atoms with E-state index in [1.807, 2.05) is 30.6 Å². The molecule has 4 rings (SSSR count). The number of amides is 2. The third-order valence-corrected chi connectivity index (χ3v) is 7.87. The molecule has 4 aliphatic rings. The van der Waals surface area contributed by atoms with Gasteiger partial charge in [0.05, 0.1) is 31.3 Å². The summed E-state index contributed by atoms with van der Waals surface area (Å²) in [7, 11) is 1.44. The zero-order valence-electron chi connectivity index (χ0n) is 19.6. The molecular formula is C23H40N4O4. The minimum absolute atomic E-state index is 0.00685. The lowest BCUT2D eigenvalue weighted by Crippen LogP contribution is -2.67. The third kappa shape index (κ3) is 4.80. The summed E-state index contributed by atoms with van der Waals surface area (Å²) in [5, 5.41) is 2.43. The number of carbonyl (C=O) groups is 2. The SMILES string of the molecule is COC(=O)N1C2CCC(C3CNN(CC4CCC4)C3)CC2N(C(=O)OC(C)C)C[C@@H]1C. The molecule has 8 heteroatoms. The quantitative estimate of drug-likeness (QED) is 0.730. The van der Waals surface area contributed by atoms with Crippen LogP contribution in [0.2, 0.25) is 0 Å². The van der Waals surface area contributed by atoms with Crippen molar-refractivity contribution >= 4 is 12.2 Å². The van der Waals surface area contributed by atoms with Gasteiger partial charge in [0, 0.05) is 26.2 Å². The number of piperazine rings is 1. The minimum Gasteiger partial charge on any atom is -0.453 e. The molecule has 0 aromatic heterocycles. The maximum Gasteiger partial charge on any atom is 0.410 e. The predicted octanol–water partition coefficient (Wildman–Crippen LogP) is 3.08. The van der Waals surface area contributed by atoms with E-state index in [-0.39, 0.29) is 36.4 Å². The second-order valence-electron chi connectivity index (χ2n) is 10.3. The highest BCUT2D eigenvalue weighted by Gasteiger charge is 2.49. The van der Waals surface area contributed by atoms with E-state index >= 15 is 0 Å². The van der Waals surface area contributed by atoms with Gasteiger partial charge in [-0.25, -0.2) is 14.6 Å². The van der Waals surface area contributed by atoms with Crippen LogP contribution >= 0.6 is 0 Å². The Balaban J connectivity index is 1.45. The summed E-state index contributed by atoms with van der Waals surface area (Å²) < 4.78 is 10.7. The number of rotatable bonds is 4. The second-order valence-corrected chi connectivity index (χ2v) is 10.3. The first-order valence-electron chi connectivity index (χ1n) is 12.2. The highest BCUT2D eigenvalue weighted by Crippen LogP contribution is 2.40. The van der Waals surface area contributed by atoms with Crippen LogP contribution in [0.5, 0.6) is 0 Å². The first kappa shape index (κ1) is 22.6. The molecule has 0 bridgehead atoms. The van der Waals surface area contributed by atoms with Gasteiger partial charge in [-0.15, -0.1) is 0 Å². The lowest BCUT2D eigenvalue weighted by molar-refractivity contribution is -0.0444. The van der Waals surface area contributed by atoms with Crippen LogP contribution in [0, 0.1) is 17.8 Å². The number of hydrogen-bond acceptors (Lipinski definition) is 6. The highest BCUT2D eigenvalue weighted by atomic mass is 16.6. The molecule has 2 heterocycles. The van der Waals surface area contributed by atoms with E-state index in [1.54, 1.807) is 0 Å². The fourth-order valence-electron chi connectivity index (χ4n) is 6.09. The molecule has 8 nitrogen and oxygen atoms in total. The van der Waals surface area contributed by atoms with Crippen molar-refractivity contribution in [3.05, 3.63) is 0 Å². The molecular weight excluding hydrogens is 396 g/mol. The zero-order chi connectivity index (χ0) is 22.1. The van der Waals surface area contributed by atoms with Gasteiger partial charge < -0.3 is 14.4 Å². The van der Waals surface area contributed by atoms with Crippen LogP contribution in [0.25, 0.3) is 0 Å². The lowest BCUT2D eigenvalue weighted by Gasteiger charge is -2.53. The van der Waals surface area contributed by atoms with Gasteiger partial charge in [0.25, 0.3) is 0 Å². The Morgan fingerprint density at radius 1 is 1.03 bits per heavy atom. The van der Waals surface area contributed by atoms with Crippen LogP contribution in [-0.4, -0.2) is 84.5 Å². The van der Waals surface area contributed by atoms with Gasteiger partial charge in [0.15, 0.2) is 0 Å². The standard InChI is InChI=1S/C23H40N4O4/c1-15(2)31-22(28)26-12-16(3)27(23(29)30-4)20-9-8-18(10-21(20)26)19-11-24-25(14-19)13-17-6-5-7-17/h15-21,24H,5-14H2,1-4H3/t16-,18?,19?,20?,21?/m0/s1. The zero-order valence-corrected chi connectivity index (χ0v) is 19.6. The molecule has 31 heavy (non-hydrogen) atoms. The largest absolute Gasteiger partial charge is 0.453 e. The fraction of sp³-hybridized carbons (Fsp3) is 0.913. The topological polar surface area (TPSA) is 74.4 Å². The molecule has 0 aromatic carbocycles. The smallest absolute Gasteiger partial charge is 0.410 e. The van der Waals surface area contributed by atoms with E-state index in [0.717, 1.165) is 44.8 Å². The van der Waals surface area contributed by atoms with Crippen molar-refractivity contribution in [2.45, 2.75) is 83.5 Å². The molecule has 5 atom stereocenters. The predicted molar refractivity (Wildman–Crippen MR) is 117 cm³/mol. The second kappa shape index (κ2) is 9.53. The summed E-state index contributed by atoms with van der Waals surface area (Å²) in [5.41, 5.74) is 3.62. The van der Waals surface area contributed by atoms with Crippen molar-refractivity contribution in [1.29, 1.82) is 0 Å². The Labute approximate surface area is 186 Å². The average Bonchev–Trinajstić information content (AvgIpc) is 3.17. The van der Waals surface area contributed by atoms with Gasteiger partial charge in [-0.2, -0.15) is 0 Å². The molecule has 0 aromatic rings. The Kier molecular flexibility index (Phi) is 6.96. The monoisotopic (exact) mass is 436 g/mol. The number of fused-ring (bicyclic) bond motifs is 1. The van der Waals surface area contributed by atoms with E-state index < -0.39 is 0 Å². The van der Waals surface area contributed by atoms with Crippen LogP contribution in [0.3, 0.4) is 0 Å². The van der Waals surface area contributed by atoms with E-state index in [1.165, 1.54) is 26.4 Å². The first-order chi connectivity index (χ1) is 14.9. The van der Waals surface area contributed by atoms with Crippen LogP contribution < -0.4 is 5.43 Å². The molecule has 0 spiro atoms. The maximum atomic E-state index is 12.9. The highest BCUT2D eigenvalue weighted by molar-refractivity contribution is 5.72. The van der Waals surface area contributed by atoms with E-state index in [4.69, 9.17) is 9.47 Å². The van der Waals surface area contributed by atoms with Gasteiger partial charge in [-0.05, 0) is 70.6 Å². The molecule has 0 radical (unpaired) electrons. The molecule has 2 saturated heterocycles. The Morgan fingerprint density at radius 2 is 1.81 bits per heavy atom.